The predicted molar refractivity (Wildman–Crippen MR) is 42.5 cm³/mol. The third-order valence-corrected chi connectivity index (χ3v) is 1.64. The highest BCUT2D eigenvalue weighted by Crippen LogP contribution is 2.16. The van der Waals surface area contributed by atoms with E-state index in [1.165, 1.54) is 12.5 Å². The quantitative estimate of drug-likeness (QED) is 0.678. The molecule has 2 aromatic heterocycles. The van der Waals surface area contributed by atoms with Crippen molar-refractivity contribution < 1.29 is 9.21 Å². The maximum Gasteiger partial charge on any atom is 0.268 e. The molecule has 0 fully saturated rings. The molecule has 4 heteroatoms. The Morgan fingerprint density at radius 1 is 1.50 bits per heavy atom. The van der Waals surface area contributed by atoms with Gasteiger partial charge in [-0.3, -0.25) is 9.78 Å². The van der Waals surface area contributed by atoms with Gasteiger partial charge in [0.25, 0.3) is 5.91 Å². The van der Waals surface area contributed by atoms with Crippen LogP contribution in [0.5, 0.6) is 0 Å². The van der Waals surface area contributed by atoms with E-state index >= 15 is 0 Å². The standard InChI is InChI=1S/C8H6N2O2/c9-8(11)7-6-4-12-3-5(6)1-2-10-7/h1-4H,(H2,9,11). The minimum Gasteiger partial charge on any atom is -0.471 e. The van der Waals surface area contributed by atoms with Crippen LogP contribution in [0.4, 0.5) is 0 Å². The molecule has 2 N–H and O–H groups in total. The molecule has 0 aromatic carbocycles. The molecule has 2 heterocycles. The second kappa shape index (κ2) is 2.34. The Bertz CT molecular complexity index is 433. The van der Waals surface area contributed by atoms with Crippen molar-refractivity contribution in [3.8, 4) is 0 Å². The number of amides is 1. The minimum atomic E-state index is -0.540. The molecule has 0 unspecified atom stereocenters. The predicted octanol–water partition coefficient (Wildman–Crippen LogP) is 0.927. The number of carbonyl (C=O) groups excluding carboxylic acids is 1. The minimum absolute atomic E-state index is 0.251. The molecule has 0 radical (unpaired) electrons. The normalized spacial score (nSPS) is 10.3. The van der Waals surface area contributed by atoms with E-state index in [0.29, 0.717) is 5.39 Å². The number of aromatic nitrogens is 1. The first kappa shape index (κ1) is 6.84. The van der Waals surface area contributed by atoms with Crippen LogP contribution in [0.2, 0.25) is 0 Å². The smallest absolute Gasteiger partial charge is 0.268 e. The Morgan fingerprint density at radius 3 is 3.08 bits per heavy atom. The van der Waals surface area contributed by atoms with Crippen LogP contribution >= 0.6 is 0 Å². The van der Waals surface area contributed by atoms with Crippen molar-refractivity contribution in [3.05, 3.63) is 30.5 Å². The van der Waals surface area contributed by atoms with Crippen molar-refractivity contribution in [2.24, 2.45) is 5.73 Å². The number of nitrogens with zero attached hydrogens (tertiary/aromatic N) is 1. The van der Waals surface area contributed by atoms with E-state index in [1.807, 2.05) is 0 Å². The molecular weight excluding hydrogens is 156 g/mol. The second-order valence-corrected chi connectivity index (χ2v) is 2.40. The van der Waals surface area contributed by atoms with Crippen LogP contribution in [0, 0.1) is 0 Å². The molecule has 4 nitrogen and oxygen atoms in total. The molecule has 2 aromatic rings. The van der Waals surface area contributed by atoms with Gasteiger partial charge < -0.3 is 10.2 Å². The van der Waals surface area contributed by atoms with Gasteiger partial charge in [-0.25, -0.2) is 0 Å². The van der Waals surface area contributed by atoms with E-state index in [1.54, 1.807) is 12.3 Å². The molecule has 0 aliphatic heterocycles. The van der Waals surface area contributed by atoms with Crippen molar-refractivity contribution in [3.63, 3.8) is 0 Å². The Morgan fingerprint density at radius 2 is 2.33 bits per heavy atom. The van der Waals surface area contributed by atoms with Crippen molar-refractivity contribution in [1.29, 1.82) is 0 Å². The lowest BCUT2D eigenvalue weighted by molar-refractivity contribution is 0.0997. The van der Waals surface area contributed by atoms with Crippen LogP contribution in [0.3, 0.4) is 0 Å². The van der Waals surface area contributed by atoms with Gasteiger partial charge in [-0.1, -0.05) is 0 Å². The molecule has 0 saturated carbocycles. The van der Waals surface area contributed by atoms with E-state index < -0.39 is 5.91 Å². The number of furan rings is 1. The van der Waals surface area contributed by atoms with Gasteiger partial charge in [0.15, 0.2) is 0 Å². The molecule has 0 saturated heterocycles. The molecule has 60 valence electrons. The summed E-state index contributed by atoms with van der Waals surface area (Å²) in [5.74, 6) is -0.540. The first-order valence-corrected chi connectivity index (χ1v) is 3.40. The summed E-state index contributed by atoms with van der Waals surface area (Å²) in [5.41, 5.74) is 5.35. The zero-order chi connectivity index (χ0) is 8.55. The van der Waals surface area contributed by atoms with Crippen LogP contribution < -0.4 is 5.73 Å². The number of primary amides is 1. The number of carbonyl (C=O) groups is 1. The highest BCUT2D eigenvalue weighted by molar-refractivity contribution is 6.03. The molecule has 0 bridgehead atoms. The van der Waals surface area contributed by atoms with Crippen LogP contribution in [0.25, 0.3) is 10.8 Å². The summed E-state index contributed by atoms with van der Waals surface area (Å²) in [6.45, 7) is 0. The Kier molecular flexibility index (Phi) is 1.33. The van der Waals surface area contributed by atoms with Crippen LogP contribution in [0.15, 0.2) is 29.2 Å². The number of rotatable bonds is 1. The average molecular weight is 162 g/mol. The Balaban J connectivity index is 2.82. The third-order valence-electron chi connectivity index (χ3n) is 1.64. The zero-order valence-corrected chi connectivity index (χ0v) is 6.15. The fourth-order valence-corrected chi connectivity index (χ4v) is 1.09. The first-order chi connectivity index (χ1) is 5.79. The summed E-state index contributed by atoms with van der Waals surface area (Å²) < 4.78 is 4.91. The molecule has 2 rings (SSSR count). The van der Waals surface area contributed by atoms with Gasteiger partial charge in [-0.05, 0) is 6.07 Å². The highest BCUT2D eigenvalue weighted by Gasteiger charge is 2.08. The third kappa shape index (κ3) is 0.852. The Labute approximate surface area is 68.0 Å². The van der Waals surface area contributed by atoms with Crippen molar-refractivity contribution >= 4 is 16.7 Å². The number of fused-ring (bicyclic) bond motifs is 1. The number of pyridine rings is 1. The largest absolute Gasteiger partial charge is 0.471 e. The highest BCUT2D eigenvalue weighted by atomic mass is 16.3. The molecule has 0 aliphatic rings. The van der Waals surface area contributed by atoms with Crippen LogP contribution in [-0.4, -0.2) is 10.9 Å². The van der Waals surface area contributed by atoms with Gasteiger partial charge in [0.1, 0.15) is 12.0 Å². The number of hydrogen-bond donors (Lipinski definition) is 1. The number of nitrogens with two attached hydrogens (primary N) is 1. The fraction of sp³-hybridized carbons (Fsp3) is 0. The second-order valence-electron chi connectivity index (χ2n) is 2.40. The summed E-state index contributed by atoms with van der Waals surface area (Å²) in [5, 5.41) is 1.49. The Hall–Kier alpha value is -1.84. The van der Waals surface area contributed by atoms with Crippen LogP contribution in [0.1, 0.15) is 10.5 Å². The maximum atomic E-state index is 10.8. The van der Waals surface area contributed by atoms with Gasteiger partial charge in [-0.2, -0.15) is 0 Å². The van der Waals surface area contributed by atoms with Gasteiger partial charge in [-0.15, -0.1) is 0 Å². The molecule has 12 heavy (non-hydrogen) atoms. The van der Waals surface area contributed by atoms with Crippen LogP contribution in [-0.2, 0) is 0 Å². The van der Waals surface area contributed by atoms with E-state index in [2.05, 4.69) is 4.98 Å². The fourth-order valence-electron chi connectivity index (χ4n) is 1.09. The van der Waals surface area contributed by atoms with E-state index in [9.17, 15) is 4.79 Å². The lowest BCUT2D eigenvalue weighted by Crippen LogP contribution is -2.12. The zero-order valence-electron chi connectivity index (χ0n) is 6.15. The number of hydrogen-bond acceptors (Lipinski definition) is 3. The van der Waals surface area contributed by atoms with E-state index in [-0.39, 0.29) is 5.69 Å². The van der Waals surface area contributed by atoms with Gasteiger partial charge >= 0.3 is 0 Å². The lowest BCUT2D eigenvalue weighted by atomic mass is 10.2. The van der Waals surface area contributed by atoms with Gasteiger partial charge in [0, 0.05) is 11.6 Å². The molecular formula is C8H6N2O2. The van der Waals surface area contributed by atoms with Gasteiger partial charge in [0.05, 0.1) is 11.6 Å². The van der Waals surface area contributed by atoms with Gasteiger partial charge in [0.2, 0.25) is 0 Å². The lowest BCUT2D eigenvalue weighted by Gasteiger charge is -1.93. The SMILES string of the molecule is NC(=O)c1nccc2cocc12. The summed E-state index contributed by atoms with van der Waals surface area (Å²) >= 11 is 0. The summed E-state index contributed by atoms with van der Waals surface area (Å²) in [4.78, 5) is 14.7. The van der Waals surface area contributed by atoms with Crippen molar-refractivity contribution in [2.45, 2.75) is 0 Å². The summed E-state index contributed by atoms with van der Waals surface area (Å²) in [7, 11) is 0. The van der Waals surface area contributed by atoms with E-state index in [4.69, 9.17) is 10.2 Å². The first-order valence-electron chi connectivity index (χ1n) is 3.40. The molecule has 0 atom stereocenters. The maximum absolute atomic E-state index is 10.8. The average Bonchev–Trinajstić information content (AvgIpc) is 2.49. The summed E-state index contributed by atoms with van der Waals surface area (Å²) in [6, 6.07) is 1.76. The monoisotopic (exact) mass is 162 g/mol. The molecule has 1 amide bonds. The summed E-state index contributed by atoms with van der Waals surface area (Å²) in [6.07, 6.45) is 4.53. The van der Waals surface area contributed by atoms with Crippen molar-refractivity contribution in [2.75, 3.05) is 0 Å². The van der Waals surface area contributed by atoms with Crippen molar-refractivity contribution in [1.82, 2.24) is 4.98 Å². The molecule has 0 spiro atoms. The van der Waals surface area contributed by atoms with E-state index in [0.717, 1.165) is 5.39 Å². The molecule has 0 aliphatic carbocycles. The topological polar surface area (TPSA) is 69.1 Å².